The smallest absolute Gasteiger partial charge is 0.312 e. The van der Waals surface area contributed by atoms with Crippen molar-refractivity contribution in [3.05, 3.63) is 23.3 Å². The van der Waals surface area contributed by atoms with E-state index >= 15 is 0 Å². The lowest BCUT2D eigenvalue weighted by Gasteiger charge is -2.19. The van der Waals surface area contributed by atoms with Crippen LogP contribution in [0.2, 0.25) is 0 Å². The fourth-order valence-electron chi connectivity index (χ4n) is 1.31. The first-order chi connectivity index (χ1) is 7.28. The van der Waals surface area contributed by atoms with Gasteiger partial charge in [-0.05, 0) is 34.6 Å². The maximum atomic E-state index is 11.6. The molecule has 0 atom stereocenters. The normalized spacial score (nSPS) is 11.3. The zero-order valence-electron chi connectivity index (χ0n) is 10.5. The Morgan fingerprint density at radius 3 is 2.50 bits per heavy atom. The van der Waals surface area contributed by atoms with Crippen LogP contribution >= 0.6 is 0 Å². The van der Waals surface area contributed by atoms with Crippen molar-refractivity contribution in [1.82, 2.24) is 9.97 Å². The highest BCUT2D eigenvalue weighted by Gasteiger charge is 2.17. The van der Waals surface area contributed by atoms with E-state index < -0.39 is 5.60 Å². The standard InChI is InChI=1S/C12H18N2O2/c1-8-7-13-10(9(2)14-8)6-11(15)16-12(3,4)5/h7H,6H2,1-5H3. The third-order valence-corrected chi connectivity index (χ3v) is 1.90. The van der Waals surface area contributed by atoms with Crippen LogP contribution in [0.25, 0.3) is 0 Å². The van der Waals surface area contributed by atoms with Crippen molar-refractivity contribution in [2.24, 2.45) is 0 Å². The van der Waals surface area contributed by atoms with E-state index in [0.29, 0.717) is 5.69 Å². The fourth-order valence-corrected chi connectivity index (χ4v) is 1.31. The van der Waals surface area contributed by atoms with Gasteiger partial charge in [-0.2, -0.15) is 0 Å². The lowest BCUT2D eigenvalue weighted by molar-refractivity contribution is -0.154. The van der Waals surface area contributed by atoms with Crippen LogP contribution < -0.4 is 0 Å². The molecule has 4 heteroatoms. The third-order valence-electron chi connectivity index (χ3n) is 1.90. The molecule has 16 heavy (non-hydrogen) atoms. The Kier molecular flexibility index (Phi) is 3.62. The number of ether oxygens (including phenoxy) is 1. The second kappa shape index (κ2) is 4.60. The molecular weight excluding hydrogens is 204 g/mol. The summed E-state index contributed by atoms with van der Waals surface area (Å²) in [6.45, 7) is 9.26. The predicted molar refractivity (Wildman–Crippen MR) is 61.1 cm³/mol. The van der Waals surface area contributed by atoms with E-state index in [9.17, 15) is 4.79 Å². The molecule has 0 bridgehead atoms. The van der Waals surface area contributed by atoms with Crippen molar-refractivity contribution in [3.8, 4) is 0 Å². The van der Waals surface area contributed by atoms with E-state index in [0.717, 1.165) is 11.4 Å². The maximum absolute atomic E-state index is 11.6. The average molecular weight is 222 g/mol. The molecule has 0 radical (unpaired) electrons. The SMILES string of the molecule is Cc1cnc(CC(=O)OC(C)(C)C)c(C)n1. The number of rotatable bonds is 2. The van der Waals surface area contributed by atoms with Gasteiger partial charge in [0.2, 0.25) is 0 Å². The van der Waals surface area contributed by atoms with Crippen molar-refractivity contribution >= 4 is 5.97 Å². The van der Waals surface area contributed by atoms with Gasteiger partial charge in [-0.3, -0.25) is 14.8 Å². The number of hydrogen-bond acceptors (Lipinski definition) is 4. The van der Waals surface area contributed by atoms with Crippen molar-refractivity contribution in [2.75, 3.05) is 0 Å². The number of carbonyl (C=O) groups excluding carboxylic acids is 1. The molecule has 0 unspecified atom stereocenters. The van der Waals surface area contributed by atoms with Gasteiger partial charge in [-0.1, -0.05) is 0 Å². The van der Waals surface area contributed by atoms with Crippen molar-refractivity contribution < 1.29 is 9.53 Å². The van der Waals surface area contributed by atoms with Gasteiger partial charge in [0.05, 0.1) is 23.5 Å². The summed E-state index contributed by atoms with van der Waals surface area (Å²) in [5.74, 6) is -0.270. The molecule has 1 heterocycles. The maximum Gasteiger partial charge on any atom is 0.312 e. The summed E-state index contributed by atoms with van der Waals surface area (Å²) in [5.41, 5.74) is 1.86. The van der Waals surface area contributed by atoms with Crippen molar-refractivity contribution in [3.63, 3.8) is 0 Å². The lowest BCUT2D eigenvalue weighted by atomic mass is 10.2. The minimum absolute atomic E-state index is 0.177. The summed E-state index contributed by atoms with van der Waals surface area (Å²) in [4.78, 5) is 20.0. The van der Waals surface area contributed by atoms with Crippen LogP contribution in [0.3, 0.4) is 0 Å². The summed E-state index contributed by atoms with van der Waals surface area (Å²) in [6.07, 6.45) is 1.84. The van der Waals surface area contributed by atoms with Gasteiger partial charge < -0.3 is 4.74 Å². The van der Waals surface area contributed by atoms with Gasteiger partial charge in [0.1, 0.15) is 5.60 Å². The molecule has 0 fully saturated rings. The van der Waals surface area contributed by atoms with E-state index in [1.165, 1.54) is 0 Å². The Bertz CT molecular complexity index is 394. The molecule has 0 aliphatic rings. The second-order valence-corrected chi connectivity index (χ2v) is 4.81. The predicted octanol–water partition coefficient (Wildman–Crippen LogP) is 1.98. The molecule has 0 aromatic carbocycles. The zero-order valence-corrected chi connectivity index (χ0v) is 10.5. The largest absolute Gasteiger partial charge is 0.460 e. The first-order valence-electron chi connectivity index (χ1n) is 5.29. The summed E-state index contributed by atoms with van der Waals surface area (Å²) in [5, 5.41) is 0. The van der Waals surface area contributed by atoms with Crippen LogP contribution in [0, 0.1) is 13.8 Å². The molecule has 0 aliphatic heterocycles. The molecule has 0 saturated carbocycles. The van der Waals surface area contributed by atoms with Crippen LogP contribution in [-0.2, 0) is 16.0 Å². The molecule has 4 nitrogen and oxygen atoms in total. The van der Waals surface area contributed by atoms with Gasteiger partial charge >= 0.3 is 5.97 Å². The molecule has 1 rings (SSSR count). The Morgan fingerprint density at radius 2 is 2.00 bits per heavy atom. The Balaban J connectivity index is 2.70. The van der Waals surface area contributed by atoms with Crippen LogP contribution in [0.1, 0.15) is 37.9 Å². The first kappa shape index (κ1) is 12.6. The van der Waals surface area contributed by atoms with Gasteiger partial charge in [0.25, 0.3) is 0 Å². The van der Waals surface area contributed by atoms with E-state index in [1.807, 2.05) is 34.6 Å². The van der Waals surface area contributed by atoms with Crippen LogP contribution in [0.4, 0.5) is 0 Å². The Labute approximate surface area is 96.1 Å². The number of aryl methyl sites for hydroxylation is 2. The first-order valence-corrected chi connectivity index (χ1v) is 5.29. The molecule has 0 N–H and O–H groups in total. The van der Waals surface area contributed by atoms with Crippen molar-refractivity contribution in [1.29, 1.82) is 0 Å². The van der Waals surface area contributed by atoms with Crippen LogP contribution in [-0.4, -0.2) is 21.5 Å². The highest BCUT2D eigenvalue weighted by atomic mass is 16.6. The van der Waals surface area contributed by atoms with E-state index in [1.54, 1.807) is 6.20 Å². The molecule has 0 spiro atoms. The summed E-state index contributed by atoms with van der Waals surface area (Å²) in [6, 6.07) is 0. The fraction of sp³-hybridized carbons (Fsp3) is 0.583. The molecule has 1 aromatic heterocycles. The van der Waals surface area contributed by atoms with Gasteiger partial charge in [0, 0.05) is 6.20 Å². The van der Waals surface area contributed by atoms with Crippen molar-refractivity contribution in [2.45, 2.75) is 46.6 Å². The van der Waals surface area contributed by atoms with E-state index in [2.05, 4.69) is 9.97 Å². The molecule has 0 saturated heterocycles. The number of carbonyl (C=O) groups is 1. The third kappa shape index (κ3) is 3.96. The number of nitrogens with zero attached hydrogens (tertiary/aromatic N) is 2. The van der Waals surface area contributed by atoms with Gasteiger partial charge in [-0.25, -0.2) is 0 Å². The van der Waals surface area contributed by atoms with Crippen LogP contribution in [0.15, 0.2) is 6.20 Å². The lowest BCUT2D eigenvalue weighted by Crippen LogP contribution is -2.25. The van der Waals surface area contributed by atoms with E-state index in [-0.39, 0.29) is 12.4 Å². The number of esters is 1. The highest BCUT2D eigenvalue weighted by Crippen LogP contribution is 2.10. The van der Waals surface area contributed by atoms with Crippen LogP contribution in [0.5, 0.6) is 0 Å². The van der Waals surface area contributed by atoms with E-state index in [4.69, 9.17) is 4.74 Å². The monoisotopic (exact) mass is 222 g/mol. The summed E-state index contributed by atoms with van der Waals surface area (Å²) >= 11 is 0. The highest BCUT2D eigenvalue weighted by molar-refractivity contribution is 5.72. The quantitative estimate of drug-likeness (QED) is 0.718. The second-order valence-electron chi connectivity index (χ2n) is 4.81. The minimum atomic E-state index is -0.455. The minimum Gasteiger partial charge on any atom is -0.460 e. The summed E-state index contributed by atoms with van der Waals surface area (Å²) < 4.78 is 5.22. The number of hydrogen-bond donors (Lipinski definition) is 0. The molecule has 0 aliphatic carbocycles. The zero-order chi connectivity index (χ0) is 12.3. The van der Waals surface area contributed by atoms with Gasteiger partial charge in [0.15, 0.2) is 0 Å². The molecular formula is C12H18N2O2. The molecule has 1 aromatic rings. The average Bonchev–Trinajstić information content (AvgIpc) is 2.06. The number of aromatic nitrogens is 2. The Hall–Kier alpha value is -1.45. The van der Waals surface area contributed by atoms with Gasteiger partial charge in [-0.15, -0.1) is 0 Å². The Morgan fingerprint density at radius 1 is 1.38 bits per heavy atom. The molecule has 88 valence electrons. The molecule has 0 amide bonds. The topological polar surface area (TPSA) is 52.1 Å². The summed E-state index contributed by atoms with van der Waals surface area (Å²) in [7, 11) is 0.